The first-order valence-electron chi connectivity index (χ1n) is 9.43. The van der Waals surface area contributed by atoms with E-state index in [1.54, 1.807) is 13.3 Å². The second-order valence-electron chi connectivity index (χ2n) is 7.03. The Bertz CT molecular complexity index is 877. The summed E-state index contributed by atoms with van der Waals surface area (Å²) in [5.74, 6) is 0.918. The molecule has 0 saturated carbocycles. The first-order chi connectivity index (χ1) is 13.2. The van der Waals surface area contributed by atoms with Gasteiger partial charge in [0, 0.05) is 29.4 Å². The quantitative estimate of drug-likeness (QED) is 0.648. The maximum atomic E-state index is 6.05. The number of anilines is 1. The summed E-state index contributed by atoms with van der Waals surface area (Å²) in [7, 11) is 1.74. The normalized spacial score (nSPS) is 17.1. The van der Waals surface area contributed by atoms with Crippen molar-refractivity contribution >= 4 is 17.3 Å². The number of hydrogen-bond donors (Lipinski definition) is 1. The van der Waals surface area contributed by atoms with E-state index in [0.717, 1.165) is 40.7 Å². The fourth-order valence-corrected chi connectivity index (χ4v) is 4.05. The zero-order valence-electron chi connectivity index (χ0n) is 15.5. The lowest BCUT2D eigenvalue weighted by molar-refractivity contribution is 0.404. The Morgan fingerprint density at radius 3 is 2.74 bits per heavy atom. The van der Waals surface area contributed by atoms with E-state index in [4.69, 9.17) is 16.3 Å². The maximum absolute atomic E-state index is 6.05. The smallest absolute Gasteiger partial charge is 0.142 e. The van der Waals surface area contributed by atoms with Gasteiger partial charge in [-0.3, -0.25) is 5.10 Å². The highest BCUT2D eigenvalue weighted by Gasteiger charge is 2.25. The molecule has 1 fully saturated rings. The minimum absolute atomic E-state index is 0.450. The summed E-state index contributed by atoms with van der Waals surface area (Å²) >= 11 is 6.05. The van der Waals surface area contributed by atoms with Crippen LogP contribution in [-0.4, -0.2) is 29.9 Å². The number of methoxy groups -OCH3 is 1. The van der Waals surface area contributed by atoms with Crippen LogP contribution in [0.1, 0.15) is 24.8 Å². The summed E-state index contributed by atoms with van der Waals surface area (Å²) in [5, 5.41) is 7.92. The zero-order chi connectivity index (χ0) is 18.6. The SMILES string of the molecule is COc1ccc(-c2ccn[nH]2)cc1N1CCCCC1Cc1ccc(Cl)cc1. The molecule has 0 spiro atoms. The Hall–Kier alpha value is -2.46. The molecule has 1 aromatic heterocycles. The number of piperidine rings is 1. The number of aromatic nitrogens is 2. The molecular formula is C22H24ClN3O. The highest BCUT2D eigenvalue weighted by atomic mass is 35.5. The Kier molecular flexibility index (Phi) is 5.35. The summed E-state index contributed by atoms with van der Waals surface area (Å²) < 4.78 is 5.70. The fourth-order valence-electron chi connectivity index (χ4n) is 3.92. The number of H-pyrrole nitrogens is 1. The molecule has 3 aromatic rings. The van der Waals surface area contributed by atoms with Gasteiger partial charge in [0.15, 0.2) is 0 Å². The van der Waals surface area contributed by atoms with Crippen molar-refractivity contribution in [2.45, 2.75) is 31.7 Å². The van der Waals surface area contributed by atoms with Crippen molar-refractivity contribution in [2.24, 2.45) is 0 Å². The highest BCUT2D eigenvalue weighted by Crippen LogP contribution is 2.37. The third kappa shape index (κ3) is 3.96. The standard InChI is InChI=1S/C22H24ClN3O/c1-27-22-10-7-17(20-11-12-24-25-20)15-21(22)26-13-3-2-4-19(26)14-16-5-8-18(23)9-6-16/h5-12,15,19H,2-4,13-14H2,1H3,(H,24,25). The molecule has 1 aliphatic rings. The van der Waals surface area contributed by atoms with E-state index in [0.29, 0.717) is 6.04 Å². The van der Waals surface area contributed by atoms with Crippen LogP contribution >= 0.6 is 11.6 Å². The van der Waals surface area contributed by atoms with Gasteiger partial charge in [0.2, 0.25) is 0 Å². The van der Waals surface area contributed by atoms with Gasteiger partial charge in [-0.1, -0.05) is 23.7 Å². The van der Waals surface area contributed by atoms with Crippen LogP contribution in [0.25, 0.3) is 11.3 Å². The van der Waals surface area contributed by atoms with Gasteiger partial charge in [0.05, 0.1) is 18.5 Å². The predicted octanol–water partition coefficient (Wildman–Crippen LogP) is 5.34. The van der Waals surface area contributed by atoms with Crippen molar-refractivity contribution in [3.05, 3.63) is 65.3 Å². The molecule has 4 nitrogen and oxygen atoms in total. The van der Waals surface area contributed by atoms with Gasteiger partial charge >= 0.3 is 0 Å². The Labute approximate surface area is 165 Å². The minimum Gasteiger partial charge on any atom is -0.495 e. The Morgan fingerprint density at radius 2 is 2.00 bits per heavy atom. The van der Waals surface area contributed by atoms with Crippen molar-refractivity contribution < 1.29 is 4.74 Å². The van der Waals surface area contributed by atoms with Crippen molar-refractivity contribution in [3.63, 3.8) is 0 Å². The monoisotopic (exact) mass is 381 g/mol. The van der Waals surface area contributed by atoms with Gasteiger partial charge < -0.3 is 9.64 Å². The van der Waals surface area contributed by atoms with Gasteiger partial charge in [-0.25, -0.2) is 0 Å². The molecule has 2 heterocycles. The highest BCUT2D eigenvalue weighted by molar-refractivity contribution is 6.30. The predicted molar refractivity (Wildman–Crippen MR) is 111 cm³/mol. The summed E-state index contributed by atoms with van der Waals surface area (Å²) in [5.41, 5.74) is 4.62. The minimum atomic E-state index is 0.450. The average Bonchev–Trinajstić information content (AvgIpc) is 3.25. The van der Waals surface area contributed by atoms with Crippen molar-refractivity contribution in [1.82, 2.24) is 10.2 Å². The van der Waals surface area contributed by atoms with Crippen molar-refractivity contribution in [1.29, 1.82) is 0 Å². The van der Waals surface area contributed by atoms with E-state index < -0.39 is 0 Å². The molecule has 27 heavy (non-hydrogen) atoms. The largest absolute Gasteiger partial charge is 0.495 e. The first kappa shape index (κ1) is 17.9. The second-order valence-corrected chi connectivity index (χ2v) is 7.47. The van der Waals surface area contributed by atoms with Crippen LogP contribution in [0, 0.1) is 0 Å². The van der Waals surface area contributed by atoms with E-state index in [-0.39, 0.29) is 0 Å². The van der Waals surface area contributed by atoms with Crippen molar-refractivity contribution in [3.8, 4) is 17.0 Å². The number of hydrogen-bond acceptors (Lipinski definition) is 3. The molecule has 1 saturated heterocycles. The van der Waals surface area contributed by atoms with Crippen LogP contribution < -0.4 is 9.64 Å². The number of aromatic amines is 1. The van der Waals surface area contributed by atoms with E-state index in [2.05, 4.69) is 45.4 Å². The van der Waals surface area contributed by atoms with Crippen LogP contribution in [0.4, 0.5) is 5.69 Å². The van der Waals surface area contributed by atoms with Gasteiger partial charge in [0.1, 0.15) is 5.75 Å². The van der Waals surface area contributed by atoms with Crippen LogP contribution in [0.2, 0.25) is 5.02 Å². The fraction of sp³-hybridized carbons (Fsp3) is 0.318. The lowest BCUT2D eigenvalue weighted by Crippen LogP contribution is -2.41. The van der Waals surface area contributed by atoms with E-state index >= 15 is 0 Å². The average molecular weight is 382 g/mol. The number of nitrogens with zero attached hydrogens (tertiary/aromatic N) is 2. The van der Waals surface area contributed by atoms with Gasteiger partial charge in [0.25, 0.3) is 0 Å². The molecule has 0 bridgehead atoms. The Morgan fingerprint density at radius 1 is 1.15 bits per heavy atom. The molecule has 1 N–H and O–H groups in total. The molecule has 1 atom stereocenters. The first-order valence-corrected chi connectivity index (χ1v) is 9.81. The molecule has 0 aliphatic carbocycles. The Balaban J connectivity index is 1.66. The summed E-state index contributed by atoms with van der Waals surface area (Å²) in [6.45, 7) is 1.04. The summed E-state index contributed by atoms with van der Waals surface area (Å²) in [6.07, 6.45) is 6.43. The second kappa shape index (κ2) is 8.05. The van der Waals surface area contributed by atoms with E-state index in [9.17, 15) is 0 Å². The molecule has 0 radical (unpaired) electrons. The van der Waals surface area contributed by atoms with Crippen LogP contribution in [-0.2, 0) is 6.42 Å². The van der Waals surface area contributed by atoms with Crippen LogP contribution in [0.3, 0.4) is 0 Å². The number of halogens is 1. The maximum Gasteiger partial charge on any atom is 0.142 e. The summed E-state index contributed by atoms with van der Waals surface area (Å²) in [6, 6.07) is 17.0. The number of nitrogens with one attached hydrogen (secondary N) is 1. The third-order valence-electron chi connectivity index (χ3n) is 5.31. The molecule has 4 rings (SSSR count). The molecule has 0 amide bonds. The molecule has 1 unspecified atom stereocenters. The van der Waals surface area contributed by atoms with Gasteiger partial charge in [-0.05, 0) is 67.6 Å². The molecule has 2 aromatic carbocycles. The number of rotatable bonds is 5. The molecule has 1 aliphatic heterocycles. The van der Waals surface area contributed by atoms with Gasteiger partial charge in [-0.15, -0.1) is 0 Å². The molecule has 140 valence electrons. The molecule has 5 heteroatoms. The lowest BCUT2D eigenvalue weighted by Gasteiger charge is -2.38. The topological polar surface area (TPSA) is 41.1 Å². The zero-order valence-corrected chi connectivity index (χ0v) is 16.2. The summed E-state index contributed by atoms with van der Waals surface area (Å²) in [4.78, 5) is 2.51. The number of benzene rings is 2. The van der Waals surface area contributed by atoms with E-state index in [1.807, 2.05) is 18.2 Å². The third-order valence-corrected chi connectivity index (χ3v) is 5.56. The van der Waals surface area contributed by atoms with Crippen LogP contribution in [0.5, 0.6) is 5.75 Å². The molecular weight excluding hydrogens is 358 g/mol. The van der Waals surface area contributed by atoms with Crippen LogP contribution in [0.15, 0.2) is 54.7 Å². The van der Waals surface area contributed by atoms with E-state index in [1.165, 1.54) is 24.8 Å². The number of ether oxygens (including phenoxy) is 1. The van der Waals surface area contributed by atoms with Gasteiger partial charge in [-0.2, -0.15) is 5.10 Å². The van der Waals surface area contributed by atoms with Crippen molar-refractivity contribution in [2.75, 3.05) is 18.6 Å². The lowest BCUT2D eigenvalue weighted by atomic mass is 9.94.